The van der Waals surface area contributed by atoms with E-state index in [0.29, 0.717) is 13.2 Å². The van der Waals surface area contributed by atoms with Crippen molar-refractivity contribution in [2.24, 2.45) is 0 Å². The highest BCUT2D eigenvalue weighted by atomic mass is 32.1. The molecule has 1 aromatic heterocycles. The van der Waals surface area contributed by atoms with E-state index >= 15 is 0 Å². The van der Waals surface area contributed by atoms with Gasteiger partial charge < -0.3 is 15.2 Å². The second-order valence-electron chi connectivity index (χ2n) is 4.77. The van der Waals surface area contributed by atoms with Crippen LogP contribution in [0.3, 0.4) is 0 Å². The molecular formula is C14H26N2O2S. The van der Waals surface area contributed by atoms with Gasteiger partial charge >= 0.3 is 0 Å². The van der Waals surface area contributed by atoms with Crippen LogP contribution < -0.4 is 5.32 Å². The van der Waals surface area contributed by atoms with Crippen molar-refractivity contribution in [2.75, 3.05) is 19.8 Å². The van der Waals surface area contributed by atoms with E-state index in [2.05, 4.69) is 17.2 Å². The number of nitrogens with zero attached hydrogens (tertiary/aromatic N) is 1. The standard InChI is InChI=1S/C14H26N2O2S/c1-3-4-5-6-7-18-11-13(17)8-15-9-14-10-16-12(2)19-14/h10,13,15,17H,3-9,11H2,1-2H3. The average Bonchev–Trinajstić information content (AvgIpc) is 2.79. The van der Waals surface area contributed by atoms with Gasteiger partial charge in [0, 0.05) is 30.8 Å². The minimum atomic E-state index is -0.430. The van der Waals surface area contributed by atoms with Crippen LogP contribution in [0.1, 0.15) is 42.5 Å². The van der Waals surface area contributed by atoms with Crippen LogP contribution in [0, 0.1) is 6.92 Å². The number of thiazole rings is 1. The maximum atomic E-state index is 9.74. The number of aryl methyl sites for hydroxylation is 1. The van der Waals surface area contributed by atoms with Crippen molar-refractivity contribution in [2.45, 2.75) is 52.2 Å². The Bertz CT molecular complexity index is 331. The molecule has 0 bridgehead atoms. The predicted octanol–water partition coefficient (Wildman–Crippen LogP) is 2.50. The number of aliphatic hydroxyl groups excluding tert-OH is 1. The summed E-state index contributed by atoms with van der Waals surface area (Å²) in [5.74, 6) is 0. The van der Waals surface area contributed by atoms with Gasteiger partial charge in [0.15, 0.2) is 0 Å². The zero-order valence-corrected chi connectivity index (χ0v) is 12.8. The third kappa shape index (κ3) is 8.31. The van der Waals surface area contributed by atoms with Gasteiger partial charge in [-0.2, -0.15) is 0 Å². The fourth-order valence-corrected chi connectivity index (χ4v) is 2.52. The Labute approximate surface area is 120 Å². The monoisotopic (exact) mass is 286 g/mol. The molecule has 0 amide bonds. The van der Waals surface area contributed by atoms with Gasteiger partial charge in [-0.3, -0.25) is 0 Å². The molecule has 19 heavy (non-hydrogen) atoms. The molecule has 0 radical (unpaired) electrons. The smallest absolute Gasteiger partial charge is 0.0897 e. The zero-order chi connectivity index (χ0) is 13.9. The van der Waals surface area contributed by atoms with Gasteiger partial charge in [0.05, 0.1) is 17.7 Å². The van der Waals surface area contributed by atoms with Crippen molar-refractivity contribution in [1.82, 2.24) is 10.3 Å². The Morgan fingerprint density at radius 1 is 1.42 bits per heavy atom. The molecule has 0 saturated carbocycles. The molecule has 0 spiro atoms. The van der Waals surface area contributed by atoms with E-state index in [-0.39, 0.29) is 0 Å². The lowest BCUT2D eigenvalue weighted by Crippen LogP contribution is -2.30. The lowest BCUT2D eigenvalue weighted by Gasteiger charge is -2.11. The van der Waals surface area contributed by atoms with Crippen LogP contribution in [0.25, 0.3) is 0 Å². The highest BCUT2D eigenvalue weighted by molar-refractivity contribution is 7.11. The molecule has 1 heterocycles. The second kappa shape index (κ2) is 10.3. The molecule has 0 saturated heterocycles. The molecule has 0 aliphatic rings. The van der Waals surface area contributed by atoms with E-state index < -0.39 is 6.10 Å². The number of ether oxygens (including phenoxy) is 1. The quantitative estimate of drug-likeness (QED) is 0.614. The van der Waals surface area contributed by atoms with Crippen LogP contribution in [-0.4, -0.2) is 36.0 Å². The second-order valence-corrected chi connectivity index (χ2v) is 6.09. The molecule has 0 fully saturated rings. The third-order valence-corrected chi connectivity index (χ3v) is 3.71. The summed E-state index contributed by atoms with van der Waals surface area (Å²) in [4.78, 5) is 5.39. The van der Waals surface area contributed by atoms with Gasteiger partial charge in [-0.1, -0.05) is 26.2 Å². The summed E-state index contributed by atoms with van der Waals surface area (Å²) < 4.78 is 5.45. The Balaban J connectivity index is 1.94. The van der Waals surface area contributed by atoms with Crippen LogP contribution >= 0.6 is 11.3 Å². The van der Waals surface area contributed by atoms with Gasteiger partial charge in [0.2, 0.25) is 0 Å². The molecule has 110 valence electrons. The molecule has 1 atom stereocenters. The fourth-order valence-electron chi connectivity index (χ4n) is 1.76. The average molecular weight is 286 g/mol. The molecule has 5 heteroatoms. The minimum absolute atomic E-state index is 0.418. The largest absolute Gasteiger partial charge is 0.389 e. The Morgan fingerprint density at radius 3 is 2.95 bits per heavy atom. The van der Waals surface area contributed by atoms with Crippen molar-refractivity contribution in [3.63, 3.8) is 0 Å². The summed E-state index contributed by atoms with van der Waals surface area (Å²) in [6, 6.07) is 0. The molecule has 1 aromatic rings. The number of hydrogen-bond donors (Lipinski definition) is 2. The maximum Gasteiger partial charge on any atom is 0.0897 e. The van der Waals surface area contributed by atoms with E-state index in [9.17, 15) is 5.11 Å². The maximum absolute atomic E-state index is 9.74. The van der Waals surface area contributed by atoms with E-state index in [0.717, 1.165) is 24.6 Å². The van der Waals surface area contributed by atoms with Crippen molar-refractivity contribution < 1.29 is 9.84 Å². The molecule has 4 nitrogen and oxygen atoms in total. The molecular weight excluding hydrogens is 260 g/mol. The van der Waals surface area contributed by atoms with E-state index in [1.807, 2.05) is 13.1 Å². The zero-order valence-electron chi connectivity index (χ0n) is 12.0. The number of aromatic nitrogens is 1. The molecule has 1 rings (SSSR count). The Morgan fingerprint density at radius 2 is 2.26 bits per heavy atom. The highest BCUT2D eigenvalue weighted by Crippen LogP contribution is 2.10. The molecule has 0 aliphatic carbocycles. The summed E-state index contributed by atoms with van der Waals surface area (Å²) in [6.07, 6.45) is 6.26. The number of rotatable bonds is 11. The number of aliphatic hydroxyl groups is 1. The fraction of sp³-hybridized carbons (Fsp3) is 0.786. The number of hydrogen-bond acceptors (Lipinski definition) is 5. The summed E-state index contributed by atoms with van der Waals surface area (Å²) in [7, 11) is 0. The molecule has 1 unspecified atom stereocenters. The summed E-state index contributed by atoms with van der Waals surface area (Å²) in [5, 5.41) is 14.0. The van der Waals surface area contributed by atoms with E-state index in [1.165, 1.54) is 24.1 Å². The topological polar surface area (TPSA) is 54.4 Å². The van der Waals surface area contributed by atoms with Gasteiger partial charge in [0.25, 0.3) is 0 Å². The van der Waals surface area contributed by atoms with Crippen LogP contribution in [0.2, 0.25) is 0 Å². The molecule has 0 aromatic carbocycles. The van der Waals surface area contributed by atoms with Crippen LogP contribution in [0.5, 0.6) is 0 Å². The summed E-state index contributed by atoms with van der Waals surface area (Å²) in [6.45, 7) is 6.69. The normalized spacial score (nSPS) is 12.8. The summed E-state index contributed by atoms with van der Waals surface area (Å²) in [5.41, 5.74) is 0. The van der Waals surface area contributed by atoms with Crippen LogP contribution in [0.4, 0.5) is 0 Å². The minimum Gasteiger partial charge on any atom is -0.389 e. The van der Waals surface area contributed by atoms with Crippen LogP contribution in [-0.2, 0) is 11.3 Å². The predicted molar refractivity (Wildman–Crippen MR) is 79.5 cm³/mol. The first kappa shape index (κ1) is 16.6. The van der Waals surface area contributed by atoms with Crippen molar-refractivity contribution in [3.05, 3.63) is 16.1 Å². The first-order valence-corrected chi connectivity index (χ1v) is 7.92. The number of nitrogens with one attached hydrogen (secondary N) is 1. The first-order chi connectivity index (χ1) is 9.22. The molecule has 0 aliphatic heterocycles. The lowest BCUT2D eigenvalue weighted by atomic mass is 10.2. The first-order valence-electron chi connectivity index (χ1n) is 7.10. The van der Waals surface area contributed by atoms with E-state index in [1.54, 1.807) is 11.3 Å². The molecule has 2 N–H and O–H groups in total. The SMILES string of the molecule is CCCCCCOCC(O)CNCc1cnc(C)s1. The Hall–Kier alpha value is -0.490. The van der Waals surface area contributed by atoms with Crippen molar-refractivity contribution in [3.8, 4) is 0 Å². The third-order valence-electron chi connectivity index (χ3n) is 2.80. The van der Waals surface area contributed by atoms with Gasteiger partial charge in [-0.05, 0) is 13.3 Å². The number of unbranched alkanes of at least 4 members (excludes halogenated alkanes) is 3. The van der Waals surface area contributed by atoms with Crippen LogP contribution in [0.15, 0.2) is 6.20 Å². The van der Waals surface area contributed by atoms with Gasteiger partial charge in [0.1, 0.15) is 0 Å². The lowest BCUT2D eigenvalue weighted by molar-refractivity contribution is 0.0353. The summed E-state index contributed by atoms with van der Waals surface area (Å²) >= 11 is 1.68. The van der Waals surface area contributed by atoms with Gasteiger partial charge in [-0.25, -0.2) is 4.98 Å². The highest BCUT2D eigenvalue weighted by Gasteiger charge is 2.04. The van der Waals surface area contributed by atoms with Crippen molar-refractivity contribution >= 4 is 11.3 Å². The Kier molecular flexibility index (Phi) is 8.99. The van der Waals surface area contributed by atoms with Gasteiger partial charge in [-0.15, -0.1) is 11.3 Å². The van der Waals surface area contributed by atoms with Crippen molar-refractivity contribution in [1.29, 1.82) is 0 Å². The van der Waals surface area contributed by atoms with E-state index in [4.69, 9.17) is 4.74 Å².